The first-order valence-electron chi connectivity index (χ1n) is 11.3. The number of benzene rings is 1. The Hall–Kier alpha value is -2.63. The Kier molecular flexibility index (Phi) is 8.68. The maximum Gasteiger partial charge on any atom is 0.330 e. The van der Waals surface area contributed by atoms with Crippen LogP contribution < -0.4 is 4.74 Å². The number of esters is 3. The van der Waals surface area contributed by atoms with Crippen molar-refractivity contribution in [2.24, 2.45) is 11.8 Å². The van der Waals surface area contributed by atoms with Crippen molar-refractivity contribution in [3.63, 3.8) is 0 Å². The Morgan fingerprint density at radius 1 is 0.806 bits per heavy atom. The molecule has 6 nitrogen and oxygen atoms in total. The van der Waals surface area contributed by atoms with Crippen LogP contribution in [-0.4, -0.2) is 31.1 Å². The third-order valence-corrected chi connectivity index (χ3v) is 6.31. The predicted octanol–water partition coefficient (Wildman–Crippen LogP) is 4.72. The highest BCUT2D eigenvalue weighted by Gasteiger charge is 2.32. The molecule has 2 fully saturated rings. The minimum atomic E-state index is -0.543. The average molecular weight is 429 g/mol. The second kappa shape index (κ2) is 11.7. The molecule has 2 saturated carbocycles. The molecule has 1 aromatic rings. The van der Waals surface area contributed by atoms with Gasteiger partial charge in [0.15, 0.2) is 0 Å². The monoisotopic (exact) mass is 428 g/mol. The zero-order chi connectivity index (χ0) is 22.1. The highest BCUT2D eigenvalue weighted by atomic mass is 16.6. The van der Waals surface area contributed by atoms with Gasteiger partial charge in [0.05, 0.1) is 11.8 Å². The van der Waals surface area contributed by atoms with Crippen molar-refractivity contribution >= 4 is 17.9 Å². The smallest absolute Gasteiger partial charge is 0.330 e. The van der Waals surface area contributed by atoms with Crippen LogP contribution in [0.4, 0.5) is 0 Å². The molecule has 0 aromatic heterocycles. The molecule has 1 aromatic carbocycles. The fourth-order valence-corrected chi connectivity index (χ4v) is 4.47. The topological polar surface area (TPSA) is 78.9 Å². The van der Waals surface area contributed by atoms with Gasteiger partial charge in [0.2, 0.25) is 0 Å². The van der Waals surface area contributed by atoms with Gasteiger partial charge in [-0.15, -0.1) is 0 Å². The Morgan fingerprint density at radius 2 is 1.39 bits per heavy atom. The minimum absolute atomic E-state index is 0.0117. The van der Waals surface area contributed by atoms with Crippen LogP contribution in [0.25, 0.3) is 0 Å². The van der Waals surface area contributed by atoms with E-state index in [1.165, 1.54) is 37.7 Å². The van der Waals surface area contributed by atoms with Crippen LogP contribution in [0.5, 0.6) is 5.75 Å². The lowest BCUT2D eigenvalue weighted by Gasteiger charge is -2.26. The molecule has 0 atom stereocenters. The van der Waals surface area contributed by atoms with E-state index in [-0.39, 0.29) is 37.0 Å². The van der Waals surface area contributed by atoms with Gasteiger partial charge in [-0.25, -0.2) is 4.79 Å². The molecule has 2 aliphatic carbocycles. The Balaban J connectivity index is 1.38. The van der Waals surface area contributed by atoms with Gasteiger partial charge in [-0.3, -0.25) is 9.59 Å². The van der Waals surface area contributed by atoms with Crippen LogP contribution >= 0.6 is 0 Å². The Labute approximate surface area is 183 Å². The predicted molar refractivity (Wildman–Crippen MR) is 115 cm³/mol. The molecule has 0 unspecified atom stereocenters. The number of hydrogen-bond acceptors (Lipinski definition) is 6. The molecule has 0 bridgehead atoms. The summed E-state index contributed by atoms with van der Waals surface area (Å²) >= 11 is 0. The van der Waals surface area contributed by atoms with E-state index in [1.54, 1.807) is 0 Å². The number of carbonyl (C=O) groups excluding carboxylic acids is 3. The van der Waals surface area contributed by atoms with E-state index < -0.39 is 5.97 Å². The Morgan fingerprint density at radius 3 is 2.00 bits per heavy atom. The van der Waals surface area contributed by atoms with Crippen molar-refractivity contribution in [1.82, 2.24) is 0 Å². The first-order valence-corrected chi connectivity index (χ1v) is 11.3. The maximum absolute atomic E-state index is 12.5. The zero-order valence-electron chi connectivity index (χ0n) is 18.1. The molecule has 0 amide bonds. The van der Waals surface area contributed by atoms with Crippen LogP contribution in [0.3, 0.4) is 0 Å². The van der Waals surface area contributed by atoms with E-state index in [4.69, 9.17) is 14.2 Å². The summed E-state index contributed by atoms with van der Waals surface area (Å²) in [6, 6.07) is 7.95. The van der Waals surface area contributed by atoms with Gasteiger partial charge in [-0.05, 0) is 62.1 Å². The third kappa shape index (κ3) is 6.94. The van der Waals surface area contributed by atoms with Crippen LogP contribution in [-0.2, 0) is 23.9 Å². The molecule has 0 saturated heterocycles. The summed E-state index contributed by atoms with van der Waals surface area (Å²) in [6.07, 6.45) is 9.84. The van der Waals surface area contributed by atoms with Gasteiger partial charge in [0.25, 0.3) is 0 Å². The van der Waals surface area contributed by atoms with Crippen LogP contribution in [0.15, 0.2) is 36.9 Å². The average Bonchev–Trinajstić information content (AvgIpc) is 2.82. The van der Waals surface area contributed by atoms with Gasteiger partial charge in [0.1, 0.15) is 19.0 Å². The van der Waals surface area contributed by atoms with Gasteiger partial charge in [-0.1, -0.05) is 38.0 Å². The molecule has 168 valence electrons. The fourth-order valence-electron chi connectivity index (χ4n) is 4.47. The lowest BCUT2D eigenvalue weighted by molar-refractivity contribution is -0.155. The molecular weight excluding hydrogens is 396 g/mol. The SMILES string of the molecule is C=CC(=O)OCCOC(=O)C1CCC(C(=O)Oc2ccc(C3CCCCC3)cc2)CC1. The van der Waals surface area contributed by atoms with Crippen molar-refractivity contribution in [3.8, 4) is 5.75 Å². The molecular formula is C25H32O6. The van der Waals surface area contributed by atoms with E-state index in [0.29, 0.717) is 37.4 Å². The highest BCUT2D eigenvalue weighted by molar-refractivity contribution is 5.81. The number of ether oxygens (including phenoxy) is 3. The quantitative estimate of drug-likeness (QED) is 0.258. The minimum Gasteiger partial charge on any atom is -0.462 e. The molecule has 0 heterocycles. The molecule has 31 heavy (non-hydrogen) atoms. The standard InChI is InChI=1S/C25H32O6/c1-2-23(26)29-16-17-30-24(27)20-8-10-21(11-9-20)25(28)31-22-14-12-19(13-15-22)18-6-4-3-5-7-18/h2,12-15,18,20-21H,1,3-11,16-17H2. The first kappa shape index (κ1) is 23.0. The van der Waals surface area contributed by atoms with Crippen molar-refractivity contribution in [2.45, 2.75) is 63.7 Å². The molecule has 2 aliphatic rings. The summed E-state index contributed by atoms with van der Waals surface area (Å²) in [6.45, 7) is 3.34. The fraction of sp³-hybridized carbons (Fsp3) is 0.560. The summed E-state index contributed by atoms with van der Waals surface area (Å²) in [5.41, 5.74) is 1.33. The van der Waals surface area contributed by atoms with E-state index in [0.717, 1.165) is 6.08 Å². The molecule has 3 rings (SSSR count). The summed E-state index contributed by atoms with van der Waals surface area (Å²) in [5.74, 6) is -0.292. The lowest BCUT2D eigenvalue weighted by Crippen LogP contribution is -2.30. The normalized spacial score (nSPS) is 21.7. The van der Waals surface area contributed by atoms with Gasteiger partial charge < -0.3 is 14.2 Å². The second-order valence-corrected chi connectivity index (χ2v) is 8.41. The molecule has 6 heteroatoms. The first-order chi connectivity index (χ1) is 15.1. The summed E-state index contributed by atoms with van der Waals surface area (Å²) < 4.78 is 15.5. The van der Waals surface area contributed by atoms with Crippen LogP contribution in [0, 0.1) is 11.8 Å². The van der Waals surface area contributed by atoms with Crippen molar-refractivity contribution in [1.29, 1.82) is 0 Å². The lowest BCUT2D eigenvalue weighted by atomic mass is 9.82. The summed E-state index contributed by atoms with van der Waals surface area (Å²) in [7, 11) is 0. The van der Waals surface area contributed by atoms with E-state index >= 15 is 0 Å². The second-order valence-electron chi connectivity index (χ2n) is 8.41. The summed E-state index contributed by atoms with van der Waals surface area (Å²) in [5, 5.41) is 0. The van der Waals surface area contributed by atoms with Gasteiger partial charge in [0, 0.05) is 6.08 Å². The number of carbonyl (C=O) groups is 3. The summed E-state index contributed by atoms with van der Waals surface area (Å²) in [4.78, 5) is 35.6. The van der Waals surface area contributed by atoms with Crippen molar-refractivity contribution in [3.05, 3.63) is 42.5 Å². The van der Waals surface area contributed by atoms with E-state index in [9.17, 15) is 14.4 Å². The maximum atomic E-state index is 12.5. The third-order valence-electron chi connectivity index (χ3n) is 6.31. The molecule has 0 N–H and O–H groups in total. The number of rotatable bonds is 8. The molecule has 0 radical (unpaired) electrons. The van der Waals surface area contributed by atoms with Crippen molar-refractivity contribution in [2.75, 3.05) is 13.2 Å². The zero-order valence-corrected chi connectivity index (χ0v) is 18.1. The van der Waals surface area contributed by atoms with Gasteiger partial charge in [-0.2, -0.15) is 0 Å². The van der Waals surface area contributed by atoms with Gasteiger partial charge >= 0.3 is 17.9 Å². The highest BCUT2D eigenvalue weighted by Crippen LogP contribution is 2.34. The largest absolute Gasteiger partial charge is 0.462 e. The van der Waals surface area contributed by atoms with Crippen LogP contribution in [0.2, 0.25) is 0 Å². The van der Waals surface area contributed by atoms with E-state index in [2.05, 4.69) is 18.7 Å². The molecule has 0 spiro atoms. The number of hydrogen-bond donors (Lipinski definition) is 0. The molecule has 0 aliphatic heterocycles. The van der Waals surface area contributed by atoms with E-state index in [1.807, 2.05) is 12.1 Å². The Bertz CT molecular complexity index is 755. The van der Waals surface area contributed by atoms with Crippen molar-refractivity contribution < 1.29 is 28.6 Å². The van der Waals surface area contributed by atoms with Crippen LogP contribution in [0.1, 0.15) is 69.3 Å².